The van der Waals surface area contributed by atoms with Crippen LogP contribution in [0.25, 0.3) is 0 Å². The quantitative estimate of drug-likeness (QED) is 0.864. The van der Waals surface area contributed by atoms with Gasteiger partial charge in [-0.1, -0.05) is 6.92 Å². The van der Waals surface area contributed by atoms with Gasteiger partial charge in [0.15, 0.2) is 0 Å². The molecule has 1 aliphatic rings. The molecule has 17 heavy (non-hydrogen) atoms. The van der Waals surface area contributed by atoms with Crippen molar-refractivity contribution in [2.75, 3.05) is 31.5 Å². The minimum absolute atomic E-state index is 0.821. The number of nitrogens with one attached hydrogen (secondary N) is 1. The predicted octanol–water partition coefficient (Wildman–Crippen LogP) is 1.93. The van der Waals surface area contributed by atoms with E-state index in [9.17, 15) is 0 Å². The molecule has 0 amide bonds. The molecule has 0 spiro atoms. The zero-order chi connectivity index (χ0) is 12.1. The largest absolute Gasteiger partial charge is 0.369 e. The molecule has 2 heterocycles. The summed E-state index contributed by atoms with van der Waals surface area (Å²) in [6, 6.07) is 1.92. The molecule has 0 aromatic carbocycles. The van der Waals surface area contributed by atoms with Gasteiger partial charge >= 0.3 is 0 Å². The van der Waals surface area contributed by atoms with Gasteiger partial charge in [-0.2, -0.15) is 0 Å². The molecule has 1 N–H and O–H groups in total. The van der Waals surface area contributed by atoms with Crippen molar-refractivity contribution < 1.29 is 0 Å². The van der Waals surface area contributed by atoms with Gasteiger partial charge < -0.3 is 10.2 Å². The fourth-order valence-electron chi connectivity index (χ4n) is 2.18. The van der Waals surface area contributed by atoms with Gasteiger partial charge in [-0.05, 0) is 44.8 Å². The van der Waals surface area contributed by atoms with Gasteiger partial charge in [0.05, 0.1) is 0 Å². The molecule has 1 fully saturated rings. The van der Waals surface area contributed by atoms with Crippen LogP contribution in [0.1, 0.15) is 25.6 Å². The zero-order valence-corrected chi connectivity index (χ0v) is 10.8. The number of piperidine rings is 1. The van der Waals surface area contributed by atoms with E-state index >= 15 is 0 Å². The van der Waals surface area contributed by atoms with Crippen LogP contribution in [-0.4, -0.2) is 41.0 Å². The Hall–Kier alpha value is -1.16. The lowest BCUT2D eigenvalue weighted by Gasteiger charge is -2.30. The Morgan fingerprint density at radius 2 is 2.18 bits per heavy atom. The highest BCUT2D eigenvalue weighted by atomic mass is 15.1. The summed E-state index contributed by atoms with van der Waals surface area (Å²) in [7, 11) is 0. The fraction of sp³-hybridized carbons (Fsp3) is 0.692. The molecule has 1 aromatic heterocycles. The minimum atomic E-state index is 0.821. The Labute approximate surface area is 103 Å². The lowest BCUT2D eigenvalue weighted by molar-refractivity contribution is 0.199. The lowest BCUT2D eigenvalue weighted by atomic mass is 9.99. The number of aromatic nitrogens is 2. The number of hydrogen-bond acceptors (Lipinski definition) is 4. The predicted molar refractivity (Wildman–Crippen MR) is 70.1 cm³/mol. The number of aryl methyl sites for hydroxylation is 1. The van der Waals surface area contributed by atoms with Crippen molar-refractivity contribution in [3.8, 4) is 0 Å². The van der Waals surface area contributed by atoms with Crippen molar-refractivity contribution in [2.45, 2.75) is 26.7 Å². The molecule has 0 bridgehead atoms. The van der Waals surface area contributed by atoms with Crippen LogP contribution in [0.15, 0.2) is 12.3 Å². The molecule has 0 aliphatic carbocycles. The topological polar surface area (TPSA) is 41.1 Å². The molecule has 1 aromatic rings. The first-order valence-electron chi connectivity index (χ1n) is 6.50. The lowest BCUT2D eigenvalue weighted by Crippen LogP contribution is -2.36. The van der Waals surface area contributed by atoms with E-state index < -0.39 is 0 Å². The molecule has 0 saturated carbocycles. The maximum Gasteiger partial charge on any atom is 0.129 e. The van der Waals surface area contributed by atoms with Gasteiger partial charge in [0, 0.05) is 19.3 Å². The summed E-state index contributed by atoms with van der Waals surface area (Å²) >= 11 is 0. The fourth-order valence-corrected chi connectivity index (χ4v) is 2.18. The third-order valence-corrected chi connectivity index (χ3v) is 3.39. The second-order valence-corrected chi connectivity index (χ2v) is 4.94. The Morgan fingerprint density at radius 1 is 1.41 bits per heavy atom. The number of rotatable bonds is 4. The van der Waals surface area contributed by atoms with Crippen LogP contribution in [0.3, 0.4) is 0 Å². The average molecular weight is 234 g/mol. The van der Waals surface area contributed by atoms with E-state index in [4.69, 9.17) is 0 Å². The van der Waals surface area contributed by atoms with E-state index in [1.165, 1.54) is 25.9 Å². The first kappa shape index (κ1) is 12.3. The molecule has 0 atom stereocenters. The van der Waals surface area contributed by atoms with Crippen molar-refractivity contribution >= 4 is 5.82 Å². The molecule has 1 aliphatic heterocycles. The van der Waals surface area contributed by atoms with Crippen LogP contribution >= 0.6 is 0 Å². The maximum atomic E-state index is 4.33. The molecule has 0 radical (unpaired) electrons. The second kappa shape index (κ2) is 5.96. The van der Waals surface area contributed by atoms with Gasteiger partial charge in [-0.3, -0.25) is 0 Å². The summed E-state index contributed by atoms with van der Waals surface area (Å²) < 4.78 is 0. The highest BCUT2D eigenvalue weighted by Gasteiger charge is 2.14. The van der Waals surface area contributed by atoms with E-state index in [1.807, 2.05) is 13.0 Å². The summed E-state index contributed by atoms with van der Waals surface area (Å²) in [6.07, 6.45) is 4.48. The van der Waals surface area contributed by atoms with Crippen LogP contribution in [0.2, 0.25) is 0 Å². The Morgan fingerprint density at radius 3 is 2.88 bits per heavy atom. The normalized spacial score (nSPS) is 18.2. The second-order valence-electron chi connectivity index (χ2n) is 4.94. The summed E-state index contributed by atoms with van der Waals surface area (Å²) in [6.45, 7) is 8.81. The number of hydrogen-bond donors (Lipinski definition) is 1. The van der Waals surface area contributed by atoms with Crippen molar-refractivity contribution in [1.29, 1.82) is 0 Å². The first-order chi connectivity index (χ1) is 8.24. The summed E-state index contributed by atoms with van der Waals surface area (Å²) in [5.41, 5.74) is 0. The van der Waals surface area contributed by atoms with Gasteiger partial charge in [-0.15, -0.1) is 0 Å². The van der Waals surface area contributed by atoms with Gasteiger partial charge in [0.25, 0.3) is 0 Å². The Balaban J connectivity index is 1.69. The minimum Gasteiger partial charge on any atom is -0.369 e. The summed E-state index contributed by atoms with van der Waals surface area (Å²) in [5.74, 6) is 2.66. The van der Waals surface area contributed by atoms with E-state index in [0.29, 0.717) is 0 Å². The number of nitrogens with zero attached hydrogens (tertiary/aromatic N) is 3. The third-order valence-electron chi connectivity index (χ3n) is 3.39. The van der Waals surface area contributed by atoms with Crippen LogP contribution in [0.5, 0.6) is 0 Å². The highest BCUT2D eigenvalue weighted by molar-refractivity contribution is 5.32. The average Bonchev–Trinajstić information content (AvgIpc) is 2.32. The van der Waals surface area contributed by atoms with Crippen molar-refractivity contribution in [1.82, 2.24) is 14.9 Å². The van der Waals surface area contributed by atoms with E-state index in [1.54, 1.807) is 6.20 Å². The molecule has 4 heteroatoms. The molecule has 1 saturated heterocycles. The number of likely N-dealkylation sites (tertiary alicyclic amines) is 1. The molecule has 2 rings (SSSR count). The van der Waals surface area contributed by atoms with Crippen LogP contribution in [0, 0.1) is 12.8 Å². The monoisotopic (exact) mass is 234 g/mol. The van der Waals surface area contributed by atoms with E-state index in [2.05, 4.69) is 27.1 Å². The SMILES string of the molecule is Cc1nccc(NCCN2CCC(C)CC2)n1. The van der Waals surface area contributed by atoms with Gasteiger partial charge in [0.1, 0.15) is 11.6 Å². The maximum absolute atomic E-state index is 4.33. The molecule has 4 nitrogen and oxygen atoms in total. The molecular formula is C13H22N4. The van der Waals surface area contributed by atoms with E-state index in [0.717, 1.165) is 30.6 Å². The Kier molecular flexibility index (Phi) is 4.31. The zero-order valence-electron chi connectivity index (χ0n) is 10.8. The highest BCUT2D eigenvalue weighted by Crippen LogP contribution is 2.15. The Bertz CT molecular complexity index is 345. The first-order valence-corrected chi connectivity index (χ1v) is 6.50. The molecular weight excluding hydrogens is 212 g/mol. The van der Waals surface area contributed by atoms with Crippen molar-refractivity contribution in [3.05, 3.63) is 18.1 Å². The van der Waals surface area contributed by atoms with Gasteiger partial charge in [0.2, 0.25) is 0 Å². The standard InChI is InChI=1S/C13H22N4/c1-11-4-8-17(9-5-11)10-7-15-13-3-6-14-12(2)16-13/h3,6,11H,4-5,7-10H2,1-2H3,(H,14,15,16). The summed E-state index contributed by atoms with van der Waals surface area (Å²) in [5, 5.41) is 3.35. The van der Waals surface area contributed by atoms with E-state index in [-0.39, 0.29) is 0 Å². The van der Waals surface area contributed by atoms with Crippen molar-refractivity contribution in [3.63, 3.8) is 0 Å². The molecule has 0 unspecified atom stereocenters. The summed E-state index contributed by atoms with van der Waals surface area (Å²) in [4.78, 5) is 10.9. The smallest absolute Gasteiger partial charge is 0.129 e. The van der Waals surface area contributed by atoms with Crippen LogP contribution in [-0.2, 0) is 0 Å². The van der Waals surface area contributed by atoms with Crippen LogP contribution < -0.4 is 5.32 Å². The third kappa shape index (κ3) is 3.97. The van der Waals surface area contributed by atoms with Crippen LogP contribution in [0.4, 0.5) is 5.82 Å². The van der Waals surface area contributed by atoms with Gasteiger partial charge in [-0.25, -0.2) is 9.97 Å². The molecule has 94 valence electrons. The van der Waals surface area contributed by atoms with Crippen molar-refractivity contribution in [2.24, 2.45) is 5.92 Å². The number of anilines is 1.